The number of rotatable bonds is 6. The Labute approximate surface area is 266 Å². The van der Waals surface area contributed by atoms with E-state index in [0.29, 0.717) is 28.6 Å². The smallest absolute Gasteiger partial charge is 0.241 e. The molecule has 7 rings (SSSR count). The van der Waals surface area contributed by atoms with Crippen molar-refractivity contribution in [3.63, 3.8) is 0 Å². The van der Waals surface area contributed by atoms with Crippen LogP contribution in [-0.4, -0.2) is 41.9 Å². The second-order valence-electron chi connectivity index (χ2n) is 12.6. The maximum absolute atomic E-state index is 14.5. The van der Waals surface area contributed by atoms with E-state index in [0.717, 1.165) is 16.7 Å². The number of aliphatic hydroxyl groups is 1. The molecule has 2 aliphatic carbocycles. The normalized spacial score (nSPS) is 29.0. The third kappa shape index (κ3) is 4.37. The first-order valence-electron chi connectivity index (χ1n) is 15.3. The molecule has 45 heavy (non-hydrogen) atoms. The maximum Gasteiger partial charge on any atom is 0.241 e. The standard InChI is InChI=1S/C36H33ClN2O6/c1-20-8-11-23(18-29(20)37)38-32(41)26-15-14-25-27(30(26)34(38)43)19-28-33(42)39(22-6-4-3-5-7-22)35(44)36(28,2)31(25)21-9-12-24(13-10-21)45-17-16-40/h3-14,18,26-28,30-31,40H,15-17,19H2,1-2H3. The molecule has 2 saturated heterocycles. The van der Waals surface area contributed by atoms with E-state index in [9.17, 15) is 24.3 Å². The lowest BCUT2D eigenvalue weighted by molar-refractivity contribution is -0.131. The molecule has 1 saturated carbocycles. The molecule has 4 aliphatic rings. The van der Waals surface area contributed by atoms with Crippen LogP contribution in [0.5, 0.6) is 5.75 Å². The Hall–Kier alpha value is -4.27. The number of allylic oxidation sites excluding steroid dienone is 2. The summed E-state index contributed by atoms with van der Waals surface area (Å²) in [6.07, 6.45) is 2.68. The molecule has 8 nitrogen and oxygen atoms in total. The number of anilines is 2. The molecule has 3 aromatic carbocycles. The quantitative estimate of drug-likeness (QED) is 0.289. The highest BCUT2D eigenvalue weighted by Gasteiger charge is 2.67. The number of aliphatic hydroxyl groups excluding tert-OH is 1. The topological polar surface area (TPSA) is 104 Å². The zero-order chi connectivity index (χ0) is 31.6. The number of para-hydroxylation sites is 1. The molecule has 1 N–H and O–H groups in total. The Morgan fingerprint density at radius 1 is 0.889 bits per heavy atom. The first-order valence-corrected chi connectivity index (χ1v) is 15.7. The molecule has 0 spiro atoms. The molecule has 3 fully saturated rings. The third-order valence-corrected chi connectivity index (χ3v) is 10.7. The lowest BCUT2D eigenvalue weighted by Gasteiger charge is -2.49. The first kappa shape index (κ1) is 29.4. The Kier molecular flexibility index (Phi) is 7.17. The number of carbonyl (C=O) groups is 4. The van der Waals surface area contributed by atoms with E-state index in [1.165, 1.54) is 9.80 Å². The summed E-state index contributed by atoms with van der Waals surface area (Å²) in [6, 6.07) is 21.5. The summed E-state index contributed by atoms with van der Waals surface area (Å²) in [5.41, 5.74) is 2.41. The van der Waals surface area contributed by atoms with E-state index in [4.69, 9.17) is 16.3 Å². The molecule has 9 heteroatoms. The minimum absolute atomic E-state index is 0.119. The van der Waals surface area contributed by atoms with Crippen LogP contribution in [0, 0.1) is 36.0 Å². The zero-order valence-corrected chi connectivity index (χ0v) is 25.7. The summed E-state index contributed by atoms with van der Waals surface area (Å²) < 4.78 is 5.59. The zero-order valence-electron chi connectivity index (χ0n) is 25.0. The maximum atomic E-state index is 14.5. The second-order valence-corrected chi connectivity index (χ2v) is 13.0. The van der Waals surface area contributed by atoms with Gasteiger partial charge in [-0.2, -0.15) is 0 Å². The van der Waals surface area contributed by atoms with Crippen molar-refractivity contribution < 1.29 is 29.0 Å². The Balaban J connectivity index is 1.33. The van der Waals surface area contributed by atoms with Crippen LogP contribution in [0.3, 0.4) is 0 Å². The van der Waals surface area contributed by atoms with E-state index in [1.54, 1.807) is 54.6 Å². The van der Waals surface area contributed by atoms with Crippen LogP contribution < -0.4 is 14.5 Å². The molecule has 0 bridgehead atoms. The van der Waals surface area contributed by atoms with Crippen LogP contribution in [0.1, 0.15) is 36.8 Å². The van der Waals surface area contributed by atoms with Crippen LogP contribution in [0.25, 0.3) is 0 Å². The van der Waals surface area contributed by atoms with E-state index in [2.05, 4.69) is 0 Å². The van der Waals surface area contributed by atoms with Gasteiger partial charge in [0.15, 0.2) is 0 Å². The minimum Gasteiger partial charge on any atom is -0.491 e. The average molecular weight is 625 g/mol. The van der Waals surface area contributed by atoms with E-state index >= 15 is 0 Å². The molecule has 2 aliphatic heterocycles. The van der Waals surface area contributed by atoms with Gasteiger partial charge < -0.3 is 9.84 Å². The van der Waals surface area contributed by atoms with Gasteiger partial charge >= 0.3 is 0 Å². The molecule has 0 radical (unpaired) electrons. The number of hydrogen-bond donors (Lipinski definition) is 1. The molecular formula is C36H33ClN2O6. The summed E-state index contributed by atoms with van der Waals surface area (Å²) in [6.45, 7) is 3.76. The van der Waals surface area contributed by atoms with Gasteiger partial charge in [0.2, 0.25) is 23.6 Å². The van der Waals surface area contributed by atoms with Gasteiger partial charge in [-0.1, -0.05) is 59.6 Å². The fourth-order valence-electron chi connectivity index (χ4n) is 8.11. The van der Waals surface area contributed by atoms with Crippen LogP contribution in [0.2, 0.25) is 5.02 Å². The Morgan fingerprint density at radius 3 is 2.31 bits per heavy atom. The predicted molar refractivity (Wildman–Crippen MR) is 169 cm³/mol. The number of benzene rings is 3. The molecule has 230 valence electrons. The number of carbonyl (C=O) groups excluding carboxylic acids is 4. The fourth-order valence-corrected chi connectivity index (χ4v) is 8.29. The van der Waals surface area contributed by atoms with Crippen LogP contribution >= 0.6 is 11.6 Å². The lowest BCUT2D eigenvalue weighted by Crippen LogP contribution is -2.48. The largest absolute Gasteiger partial charge is 0.491 e. The van der Waals surface area contributed by atoms with Gasteiger partial charge in [-0.25, -0.2) is 9.80 Å². The van der Waals surface area contributed by atoms with Gasteiger partial charge in [0, 0.05) is 10.9 Å². The number of amides is 4. The van der Waals surface area contributed by atoms with Gasteiger partial charge in [0.1, 0.15) is 12.4 Å². The van der Waals surface area contributed by atoms with Gasteiger partial charge in [-0.05, 0) is 80.1 Å². The molecule has 6 unspecified atom stereocenters. The van der Waals surface area contributed by atoms with Crippen molar-refractivity contribution in [1.29, 1.82) is 0 Å². The van der Waals surface area contributed by atoms with E-state index in [-0.39, 0.29) is 43.3 Å². The van der Waals surface area contributed by atoms with E-state index in [1.807, 2.05) is 38.1 Å². The predicted octanol–water partition coefficient (Wildman–Crippen LogP) is 5.45. The second kappa shape index (κ2) is 11.0. The Bertz CT molecular complexity index is 1750. The fraction of sp³-hybridized carbons (Fsp3) is 0.333. The summed E-state index contributed by atoms with van der Waals surface area (Å²) in [7, 11) is 0. The monoisotopic (exact) mass is 624 g/mol. The Morgan fingerprint density at radius 2 is 1.62 bits per heavy atom. The summed E-state index contributed by atoms with van der Waals surface area (Å²) >= 11 is 6.39. The number of nitrogens with zero attached hydrogens (tertiary/aromatic N) is 2. The van der Waals surface area contributed by atoms with Crippen molar-refractivity contribution in [2.45, 2.75) is 32.6 Å². The van der Waals surface area contributed by atoms with Gasteiger partial charge in [0.25, 0.3) is 0 Å². The van der Waals surface area contributed by atoms with E-state index < -0.39 is 35.0 Å². The summed E-state index contributed by atoms with van der Waals surface area (Å²) in [5.74, 6) is -3.41. The number of ether oxygens (including phenoxy) is 1. The average Bonchev–Trinajstić information content (AvgIpc) is 3.41. The highest BCUT2D eigenvalue weighted by Crippen LogP contribution is 2.63. The number of halogens is 1. The summed E-state index contributed by atoms with van der Waals surface area (Å²) in [5, 5.41) is 9.66. The molecular weight excluding hydrogens is 592 g/mol. The van der Waals surface area contributed by atoms with Crippen molar-refractivity contribution in [2.75, 3.05) is 23.0 Å². The molecule has 0 aromatic heterocycles. The molecule has 2 heterocycles. The van der Waals surface area contributed by atoms with Crippen molar-refractivity contribution >= 4 is 46.6 Å². The highest BCUT2D eigenvalue weighted by atomic mass is 35.5. The lowest BCUT2D eigenvalue weighted by atomic mass is 9.51. The van der Waals surface area contributed by atoms with Crippen LogP contribution in [0.4, 0.5) is 11.4 Å². The number of fused-ring (bicyclic) bond motifs is 4. The molecule has 3 aromatic rings. The SMILES string of the molecule is Cc1ccc(N2C(=O)C3CC=C4C(CC5C(=O)N(c6ccccc6)C(=O)C5(C)C4c4ccc(OCCO)cc4)C3C2=O)cc1Cl. The van der Waals surface area contributed by atoms with Crippen molar-refractivity contribution in [3.05, 3.63) is 101 Å². The van der Waals surface area contributed by atoms with Crippen LogP contribution in [0.15, 0.2) is 84.4 Å². The van der Waals surface area contributed by atoms with Gasteiger partial charge in [-0.15, -0.1) is 0 Å². The highest BCUT2D eigenvalue weighted by molar-refractivity contribution is 6.32. The van der Waals surface area contributed by atoms with Crippen LogP contribution in [-0.2, 0) is 19.2 Å². The van der Waals surface area contributed by atoms with Gasteiger partial charge in [-0.3, -0.25) is 19.2 Å². The molecule has 6 atom stereocenters. The number of aryl methyl sites for hydroxylation is 1. The van der Waals surface area contributed by atoms with Crippen molar-refractivity contribution in [2.24, 2.45) is 29.1 Å². The summed E-state index contributed by atoms with van der Waals surface area (Å²) in [4.78, 5) is 59.3. The first-order chi connectivity index (χ1) is 21.7. The third-order valence-electron chi connectivity index (χ3n) is 10.3. The number of hydrogen-bond acceptors (Lipinski definition) is 6. The van der Waals surface area contributed by atoms with Crippen molar-refractivity contribution in [3.8, 4) is 5.75 Å². The number of imide groups is 2. The molecule has 4 amide bonds. The van der Waals surface area contributed by atoms with Crippen molar-refractivity contribution in [1.82, 2.24) is 0 Å². The minimum atomic E-state index is -1.12. The van der Waals surface area contributed by atoms with Gasteiger partial charge in [0.05, 0.1) is 41.2 Å².